The third-order valence-electron chi connectivity index (χ3n) is 5.69. The first-order chi connectivity index (χ1) is 16.1. The van der Waals surface area contributed by atoms with Crippen LogP contribution < -0.4 is 14.8 Å². The Morgan fingerprint density at radius 2 is 1.64 bits per heavy atom. The number of carbonyl (C=O) groups excluding carboxylic acids is 1. The SMILES string of the molecule is O=C(NCc1ccc(F)cc1)c1nnc(CN2CCN(Cc3ccc4c(c3)OCO4)CC2)s1. The fourth-order valence-corrected chi connectivity index (χ4v) is 4.66. The van der Waals surface area contributed by atoms with Crippen LogP contribution in [0.4, 0.5) is 4.39 Å². The molecule has 1 fully saturated rings. The molecule has 1 aromatic heterocycles. The predicted octanol–water partition coefficient (Wildman–Crippen LogP) is 2.65. The molecule has 3 aromatic rings. The third kappa shape index (κ3) is 5.47. The quantitative estimate of drug-likeness (QED) is 0.570. The number of halogens is 1. The summed E-state index contributed by atoms with van der Waals surface area (Å²) in [5, 5.41) is 12.2. The van der Waals surface area contributed by atoms with Gasteiger partial charge in [-0.05, 0) is 35.4 Å². The van der Waals surface area contributed by atoms with E-state index in [-0.39, 0.29) is 11.7 Å². The molecule has 0 radical (unpaired) electrons. The molecule has 5 rings (SSSR count). The third-order valence-corrected chi connectivity index (χ3v) is 6.60. The summed E-state index contributed by atoms with van der Waals surface area (Å²) in [6.45, 7) is 5.94. The van der Waals surface area contributed by atoms with Gasteiger partial charge in [-0.15, -0.1) is 10.2 Å². The molecular weight excluding hydrogens is 445 g/mol. The van der Waals surface area contributed by atoms with Crippen molar-refractivity contribution in [3.05, 3.63) is 69.4 Å². The van der Waals surface area contributed by atoms with Gasteiger partial charge < -0.3 is 14.8 Å². The summed E-state index contributed by atoms with van der Waals surface area (Å²) < 4.78 is 23.8. The summed E-state index contributed by atoms with van der Waals surface area (Å²) in [7, 11) is 0. The van der Waals surface area contributed by atoms with Gasteiger partial charge in [0.05, 0.1) is 6.54 Å². The van der Waals surface area contributed by atoms with Gasteiger partial charge in [-0.25, -0.2) is 4.39 Å². The smallest absolute Gasteiger partial charge is 0.282 e. The van der Waals surface area contributed by atoms with Crippen LogP contribution in [0.3, 0.4) is 0 Å². The van der Waals surface area contributed by atoms with Crippen LogP contribution in [-0.4, -0.2) is 58.9 Å². The molecule has 1 saturated heterocycles. The van der Waals surface area contributed by atoms with E-state index in [1.54, 1.807) is 12.1 Å². The highest BCUT2D eigenvalue weighted by Crippen LogP contribution is 2.32. The fraction of sp³-hybridized carbons (Fsp3) is 0.348. The maximum absolute atomic E-state index is 13.0. The highest BCUT2D eigenvalue weighted by molar-refractivity contribution is 7.13. The van der Waals surface area contributed by atoms with Crippen LogP contribution >= 0.6 is 11.3 Å². The number of hydrogen-bond donors (Lipinski definition) is 1. The number of hydrogen-bond acceptors (Lipinski definition) is 8. The molecular formula is C23H24FN5O3S. The molecule has 0 saturated carbocycles. The van der Waals surface area contributed by atoms with Crippen LogP contribution in [0.1, 0.15) is 25.9 Å². The van der Waals surface area contributed by atoms with E-state index < -0.39 is 0 Å². The highest BCUT2D eigenvalue weighted by atomic mass is 32.1. The molecule has 2 aliphatic rings. The van der Waals surface area contributed by atoms with Gasteiger partial charge in [0.15, 0.2) is 11.5 Å². The first-order valence-electron chi connectivity index (χ1n) is 10.8. The van der Waals surface area contributed by atoms with E-state index in [1.165, 1.54) is 29.0 Å². The van der Waals surface area contributed by atoms with Gasteiger partial charge >= 0.3 is 0 Å². The lowest BCUT2D eigenvalue weighted by molar-refractivity contribution is 0.0949. The van der Waals surface area contributed by atoms with Crippen LogP contribution in [0.2, 0.25) is 0 Å². The Kier molecular flexibility index (Phi) is 6.47. The van der Waals surface area contributed by atoms with Gasteiger partial charge in [0.2, 0.25) is 11.8 Å². The molecule has 1 amide bonds. The molecule has 0 spiro atoms. The van der Waals surface area contributed by atoms with E-state index in [2.05, 4.69) is 37.4 Å². The number of fused-ring (bicyclic) bond motifs is 1. The molecule has 0 bridgehead atoms. The Balaban J connectivity index is 1.07. The van der Waals surface area contributed by atoms with Crippen molar-refractivity contribution < 1.29 is 18.7 Å². The van der Waals surface area contributed by atoms with Crippen LogP contribution in [0.15, 0.2) is 42.5 Å². The number of benzene rings is 2. The lowest BCUT2D eigenvalue weighted by atomic mass is 10.1. The Bertz CT molecular complexity index is 1120. The number of rotatable bonds is 7. The van der Waals surface area contributed by atoms with Gasteiger partial charge in [-0.1, -0.05) is 29.5 Å². The zero-order chi connectivity index (χ0) is 22.6. The van der Waals surface area contributed by atoms with Crippen molar-refractivity contribution in [2.24, 2.45) is 0 Å². The summed E-state index contributed by atoms with van der Waals surface area (Å²) in [6, 6.07) is 12.2. The van der Waals surface area contributed by atoms with E-state index in [9.17, 15) is 9.18 Å². The summed E-state index contributed by atoms with van der Waals surface area (Å²) in [5.41, 5.74) is 2.04. The maximum Gasteiger partial charge on any atom is 0.282 e. The van der Waals surface area contributed by atoms with E-state index in [0.717, 1.165) is 54.8 Å². The molecule has 2 aliphatic heterocycles. The number of piperazine rings is 1. The van der Waals surface area contributed by atoms with Crippen LogP contribution in [0.25, 0.3) is 0 Å². The van der Waals surface area contributed by atoms with Crippen LogP contribution in [0, 0.1) is 5.82 Å². The second-order valence-corrected chi connectivity index (χ2v) is 9.11. The normalized spacial score (nSPS) is 16.2. The molecule has 8 nitrogen and oxygen atoms in total. The minimum atomic E-state index is -0.299. The van der Waals surface area contributed by atoms with E-state index >= 15 is 0 Å². The minimum absolute atomic E-state index is 0.267. The number of amides is 1. The first kappa shape index (κ1) is 21.7. The summed E-state index contributed by atoms with van der Waals surface area (Å²) >= 11 is 1.31. The van der Waals surface area contributed by atoms with Crippen molar-refractivity contribution in [3.8, 4) is 11.5 Å². The van der Waals surface area contributed by atoms with Gasteiger partial charge in [-0.3, -0.25) is 14.6 Å². The second kappa shape index (κ2) is 9.82. The van der Waals surface area contributed by atoms with Crippen molar-refractivity contribution in [1.82, 2.24) is 25.3 Å². The Morgan fingerprint density at radius 1 is 0.939 bits per heavy atom. The predicted molar refractivity (Wildman–Crippen MR) is 121 cm³/mol. The minimum Gasteiger partial charge on any atom is -0.454 e. The molecule has 3 heterocycles. The largest absolute Gasteiger partial charge is 0.454 e. The lowest BCUT2D eigenvalue weighted by Crippen LogP contribution is -2.45. The average Bonchev–Trinajstić information content (AvgIpc) is 3.49. The molecule has 0 atom stereocenters. The van der Waals surface area contributed by atoms with E-state index in [1.807, 2.05) is 6.07 Å². The summed E-state index contributed by atoms with van der Waals surface area (Å²) in [4.78, 5) is 17.1. The number of aromatic nitrogens is 2. The van der Waals surface area contributed by atoms with Crippen molar-refractivity contribution in [3.63, 3.8) is 0 Å². The zero-order valence-corrected chi connectivity index (χ0v) is 18.8. The van der Waals surface area contributed by atoms with Crippen molar-refractivity contribution in [2.45, 2.75) is 19.6 Å². The number of ether oxygens (including phenoxy) is 2. The standard InChI is InChI=1S/C23H24FN5O3S/c24-18-4-1-16(2-5-18)12-25-22(30)23-27-26-21(33-23)14-29-9-7-28(8-10-29)13-17-3-6-19-20(11-17)32-15-31-19/h1-6,11H,7-10,12-15H2,(H,25,30). The van der Waals surface area contributed by atoms with Gasteiger partial charge in [0.25, 0.3) is 5.91 Å². The van der Waals surface area contributed by atoms with Gasteiger partial charge in [-0.2, -0.15) is 0 Å². The van der Waals surface area contributed by atoms with Gasteiger partial charge in [0, 0.05) is 39.3 Å². The molecule has 33 heavy (non-hydrogen) atoms. The monoisotopic (exact) mass is 469 g/mol. The second-order valence-electron chi connectivity index (χ2n) is 8.05. The average molecular weight is 470 g/mol. The van der Waals surface area contributed by atoms with Crippen LogP contribution in [0.5, 0.6) is 11.5 Å². The topological polar surface area (TPSA) is 79.8 Å². The summed E-state index contributed by atoms with van der Waals surface area (Å²) in [6.07, 6.45) is 0. The Hall–Kier alpha value is -3.08. The van der Waals surface area contributed by atoms with Gasteiger partial charge in [0.1, 0.15) is 10.8 Å². The first-order valence-corrected chi connectivity index (χ1v) is 11.6. The number of carbonyl (C=O) groups is 1. The fourth-order valence-electron chi connectivity index (χ4n) is 3.86. The molecule has 2 aromatic carbocycles. The summed E-state index contributed by atoms with van der Waals surface area (Å²) in [5.74, 6) is 1.06. The Morgan fingerprint density at radius 3 is 2.42 bits per heavy atom. The maximum atomic E-state index is 13.0. The molecule has 1 N–H and O–H groups in total. The zero-order valence-electron chi connectivity index (χ0n) is 18.0. The van der Waals surface area contributed by atoms with E-state index in [4.69, 9.17) is 9.47 Å². The highest BCUT2D eigenvalue weighted by Gasteiger charge is 2.21. The van der Waals surface area contributed by atoms with Crippen LogP contribution in [-0.2, 0) is 19.6 Å². The van der Waals surface area contributed by atoms with Crippen molar-refractivity contribution in [2.75, 3.05) is 33.0 Å². The van der Waals surface area contributed by atoms with Crippen molar-refractivity contribution in [1.29, 1.82) is 0 Å². The van der Waals surface area contributed by atoms with Crippen molar-refractivity contribution >= 4 is 17.2 Å². The lowest BCUT2D eigenvalue weighted by Gasteiger charge is -2.34. The molecule has 172 valence electrons. The van der Waals surface area contributed by atoms with E-state index in [0.29, 0.717) is 24.9 Å². The molecule has 10 heteroatoms. The number of nitrogens with one attached hydrogen (secondary N) is 1. The number of nitrogens with zero attached hydrogens (tertiary/aromatic N) is 4. The Labute approximate surface area is 194 Å². The molecule has 0 unspecified atom stereocenters. The molecule has 0 aliphatic carbocycles.